The van der Waals surface area contributed by atoms with Crippen molar-refractivity contribution in [1.29, 1.82) is 0 Å². The van der Waals surface area contributed by atoms with E-state index in [1.807, 2.05) is 18.2 Å². The first kappa shape index (κ1) is 43.3. The second-order valence-corrected chi connectivity index (χ2v) is 21.2. The van der Waals surface area contributed by atoms with E-state index in [0.717, 1.165) is 78.0 Å². The van der Waals surface area contributed by atoms with Crippen LogP contribution >= 0.6 is 0 Å². The van der Waals surface area contributed by atoms with Crippen molar-refractivity contribution in [3.8, 4) is 67.5 Å². The molecule has 0 aliphatic heterocycles. The van der Waals surface area contributed by atoms with Crippen LogP contribution in [0.3, 0.4) is 0 Å². The Morgan fingerprint density at radius 1 is 0.476 bits per heavy atom. The van der Waals surface area contributed by atoms with Crippen molar-refractivity contribution in [2.24, 2.45) is 0 Å². The third-order valence-electron chi connectivity index (χ3n) is 12.2. The third kappa shape index (κ3) is 8.58. The van der Waals surface area contributed by atoms with E-state index in [9.17, 15) is 9.50 Å². The zero-order valence-corrected chi connectivity index (χ0v) is 38.9. The lowest BCUT2D eigenvalue weighted by atomic mass is 9.79. The van der Waals surface area contributed by atoms with Crippen molar-refractivity contribution in [3.05, 3.63) is 168 Å². The maximum absolute atomic E-state index is 14.4. The summed E-state index contributed by atoms with van der Waals surface area (Å²) < 4.78 is 16.6. The summed E-state index contributed by atoms with van der Waals surface area (Å²) in [4.78, 5) is 10.5. The molecule has 320 valence electrons. The van der Waals surface area contributed by atoms with Gasteiger partial charge in [-0.15, -0.1) is 0 Å². The van der Waals surface area contributed by atoms with E-state index >= 15 is 0 Å². The SMILES string of the molecule is CC(C)(C)c1cc(-c2cc(-c3cccc(F)c3)ccn2)cc(-c2cccc3c2nc(-c2cc(C(C)(C)C)cc(C(C)(C)C)c2O)n3-c2ccc(C(C)(C)C)cc2-c2ccccc2)c1. The Morgan fingerprint density at radius 3 is 1.76 bits per heavy atom. The monoisotopic (exact) mass is 833 g/mol. The number of imidazole rings is 1. The Hall–Kier alpha value is -6.33. The van der Waals surface area contributed by atoms with Gasteiger partial charge in [-0.3, -0.25) is 9.55 Å². The Balaban J connectivity index is 1.46. The van der Waals surface area contributed by atoms with Crippen LogP contribution < -0.4 is 0 Å². The summed E-state index contributed by atoms with van der Waals surface area (Å²) >= 11 is 0. The molecule has 0 bridgehead atoms. The standard InChI is InChI=1S/C58H60FN3O/c1-55(2,3)41-24-25-50(46(33-41)36-18-14-13-15-19-36)62-51-23-17-22-45(52(51)61-54(62)47-34-43(57(7,8)9)35-48(53(47)63)58(10,11)12)39-28-40(30-42(29-39)56(4,5)6)49-32-38(26-27-60-49)37-20-16-21-44(59)31-37/h13-35,63H,1-12H3. The van der Waals surface area contributed by atoms with Crippen LogP contribution in [0.5, 0.6) is 5.75 Å². The Bertz CT molecular complexity index is 3000. The van der Waals surface area contributed by atoms with Crippen molar-refractivity contribution in [3.63, 3.8) is 0 Å². The van der Waals surface area contributed by atoms with Gasteiger partial charge >= 0.3 is 0 Å². The van der Waals surface area contributed by atoms with E-state index in [0.29, 0.717) is 11.4 Å². The number of aromatic nitrogens is 3. The first-order chi connectivity index (χ1) is 29.6. The smallest absolute Gasteiger partial charge is 0.149 e. The minimum absolute atomic E-state index is 0.0859. The van der Waals surface area contributed by atoms with Crippen molar-refractivity contribution < 1.29 is 9.50 Å². The quantitative estimate of drug-likeness (QED) is 0.182. The zero-order valence-electron chi connectivity index (χ0n) is 38.9. The molecule has 0 fully saturated rings. The second-order valence-electron chi connectivity index (χ2n) is 21.2. The second kappa shape index (κ2) is 15.8. The van der Waals surface area contributed by atoms with Crippen molar-refractivity contribution in [2.45, 2.75) is 105 Å². The maximum atomic E-state index is 14.4. The van der Waals surface area contributed by atoms with Crippen LogP contribution in [0.4, 0.5) is 4.39 Å². The van der Waals surface area contributed by atoms with Gasteiger partial charge in [-0.05, 0) is 121 Å². The van der Waals surface area contributed by atoms with E-state index in [2.05, 4.69) is 185 Å². The molecule has 8 rings (SSSR count). The highest BCUT2D eigenvalue weighted by molar-refractivity contribution is 5.98. The summed E-state index contributed by atoms with van der Waals surface area (Å²) in [5.74, 6) is 0.634. The van der Waals surface area contributed by atoms with Crippen LogP contribution in [0.1, 0.15) is 105 Å². The van der Waals surface area contributed by atoms with Gasteiger partial charge in [0.25, 0.3) is 0 Å². The van der Waals surface area contributed by atoms with Crippen LogP contribution in [0.25, 0.3) is 72.7 Å². The molecule has 8 aromatic rings. The number of halogens is 1. The molecule has 63 heavy (non-hydrogen) atoms. The Kier molecular flexibility index (Phi) is 10.9. The molecule has 1 N–H and O–H groups in total. The van der Waals surface area contributed by atoms with Crippen LogP contribution in [0.2, 0.25) is 0 Å². The minimum Gasteiger partial charge on any atom is -0.507 e. The molecule has 2 aromatic heterocycles. The van der Waals surface area contributed by atoms with Gasteiger partial charge < -0.3 is 5.11 Å². The number of hydrogen-bond acceptors (Lipinski definition) is 3. The van der Waals surface area contributed by atoms with Gasteiger partial charge in [-0.25, -0.2) is 9.37 Å². The number of phenols is 1. The van der Waals surface area contributed by atoms with E-state index in [1.165, 1.54) is 11.6 Å². The van der Waals surface area contributed by atoms with Crippen LogP contribution in [-0.2, 0) is 21.7 Å². The number of aromatic hydroxyl groups is 1. The number of para-hydroxylation sites is 1. The van der Waals surface area contributed by atoms with Crippen molar-refractivity contribution in [1.82, 2.24) is 14.5 Å². The fraction of sp³-hybridized carbons (Fsp3) is 0.276. The average Bonchev–Trinajstić information content (AvgIpc) is 3.61. The molecule has 0 saturated carbocycles. The maximum Gasteiger partial charge on any atom is 0.149 e. The molecular weight excluding hydrogens is 774 g/mol. The summed E-state index contributed by atoms with van der Waals surface area (Å²) in [6.07, 6.45) is 1.80. The lowest BCUT2D eigenvalue weighted by Gasteiger charge is -2.28. The highest BCUT2D eigenvalue weighted by Crippen LogP contribution is 2.46. The molecular formula is C58H60FN3O. The molecule has 0 unspecified atom stereocenters. The number of phenolic OH excluding ortho intramolecular Hbond substituents is 1. The van der Waals surface area contributed by atoms with E-state index in [4.69, 9.17) is 9.97 Å². The Labute approximate surface area is 373 Å². The van der Waals surface area contributed by atoms with Gasteiger partial charge in [0, 0.05) is 28.5 Å². The molecule has 0 aliphatic rings. The molecule has 2 heterocycles. The topological polar surface area (TPSA) is 50.9 Å². The largest absolute Gasteiger partial charge is 0.507 e. The van der Waals surface area contributed by atoms with Gasteiger partial charge in [0.1, 0.15) is 17.4 Å². The molecule has 0 amide bonds. The fourth-order valence-electron chi connectivity index (χ4n) is 8.41. The van der Waals surface area contributed by atoms with E-state index in [1.54, 1.807) is 18.3 Å². The number of fused-ring (bicyclic) bond motifs is 1. The van der Waals surface area contributed by atoms with E-state index in [-0.39, 0.29) is 33.2 Å². The van der Waals surface area contributed by atoms with Gasteiger partial charge in [0.05, 0.1) is 28.0 Å². The number of rotatable bonds is 6. The van der Waals surface area contributed by atoms with Crippen molar-refractivity contribution in [2.75, 3.05) is 0 Å². The molecule has 4 nitrogen and oxygen atoms in total. The lowest BCUT2D eigenvalue weighted by Crippen LogP contribution is -2.17. The van der Waals surface area contributed by atoms with Crippen LogP contribution in [0, 0.1) is 5.82 Å². The molecule has 0 atom stereocenters. The van der Waals surface area contributed by atoms with Gasteiger partial charge in [-0.1, -0.05) is 156 Å². The van der Waals surface area contributed by atoms with Gasteiger partial charge in [0.15, 0.2) is 0 Å². The number of hydrogen-bond donors (Lipinski definition) is 1. The summed E-state index contributed by atoms with van der Waals surface area (Å²) in [5, 5.41) is 12.5. The highest BCUT2D eigenvalue weighted by Gasteiger charge is 2.30. The first-order valence-electron chi connectivity index (χ1n) is 22.1. The predicted molar refractivity (Wildman–Crippen MR) is 262 cm³/mol. The van der Waals surface area contributed by atoms with Crippen molar-refractivity contribution >= 4 is 11.0 Å². The lowest BCUT2D eigenvalue weighted by molar-refractivity contribution is 0.446. The zero-order chi connectivity index (χ0) is 45.2. The fourth-order valence-corrected chi connectivity index (χ4v) is 8.41. The summed E-state index contributed by atoms with van der Waals surface area (Å²) in [6, 6.07) is 45.4. The molecule has 0 aliphatic carbocycles. The average molecular weight is 834 g/mol. The molecule has 6 aromatic carbocycles. The van der Waals surface area contributed by atoms with Gasteiger partial charge in [-0.2, -0.15) is 0 Å². The molecule has 0 radical (unpaired) electrons. The predicted octanol–water partition coefficient (Wildman–Crippen LogP) is 15.8. The number of nitrogens with zero attached hydrogens (tertiary/aromatic N) is 3. The number of pyridine rings is 1. The van der Waals surface area contributed by atoms with Crippen LogP contribution in [-0.4, -0.2) is 19.6 Å². The first-order valence-corrected chi connectivity index (χ1v) is 22.1. The summed E-state index contributed by atoms with van der Waals surface area (Å²) in [7, 11) is 0. The van der Waals surface area contributed by atoms with Gasteiger partial charge in [0.2, 0.25) is 0 Å². The molecule has 5 heteroatoms. The Morgan fingerprint density at radius 2 is 1.10 bits per heavy atom. The minimum atomic E-state index is -0.338. The van der Waals surface area contributed by atoms with E-state index < -0.39 is 0 Å². The number of benzene rings is 6. The summed E-state index contributed by atoms with van der Waals surface area (Å²) in [5.41, 5.74) is 14.6. The normalized spacial score (nSPS) is 12.6. The highest BCUT2D eigenvalue weighted by atomic mass is 19.1. The molecule has 0 saturated heterocycles. The summed E-state index contributed by atoms with van der Waals surface area (Å²) in [6.45, 7) is 26.5. The third-order valence-corrected chi connectivity index (χ3v) is 12.2. The van der Waals surface area contributed by atoms with Crippen LogP contribution in [0.15, 0.2) is 140 Å². The molecule has 0 spiro atoms.